The normalized spacial score (nSPS) is 29.5. The number of fused-ring (bicyclic) bond motifs is 2. The SMILES string of the molecule is c1ccc(CCCC2CCCN(c3nnnn3CC34CCC(CC3)C4)C2)cc1. The topological polar surface area (TPSA) is 46.8 Å². The summed E-state index contributed by atoms with van der Waals surface area (Å²) >= 11 is 0. The summed E-state index contributed by atoms with van der Waals surface area (Å²) in [6, 6.07) is 10.9. The van der Waals surface area contributed by atoms with Gasteiger partial charge in [0.25, 0.3) is 0 Å². The molecule has 3 aliphatic rings. The first kappa shape index (κ1) is 18.1. The van der Waals surface area contributed by atoms with Crippen LogP contribution in [-0.4, -0.2) is 33.3 Å². The van der Waals surface area contributed by atoms with Gasteiger partial charge in [-0.25, -0.2) is 4.68 Å². The maximum Gasteiger partial charge on any atom is 0.245 e. The van der Waals surface area contributed by atoms with Gasteiger partial charge in [-0.3, -0.25) is 0 Å². The van der Waals surface area contributed by atoms with Crippen molar-refractivity contribution >= 4 is 5.95 Å². The Morgan fingerprint density at radius 1 is 1.07 bits per heavy atom. The lowest BCUT2D eigenvalue weighted by atomic mass is 9.84. The minimum Gasteiger partial charge on any atom is -0.339 e. The minimum atomic E-state index is 0.486. The Labute approximate surface area is 168 Å². The van der Waals surface area contributed by atoms with Gasteiger partial charge in [0, 0.05) is 13.1 Å². The molecule has 1 aliphatic heterocycles. The first-order chi connectivity index (χ1) is 13.8. The third-order valence-corrected chi connectivity index (χ3v) is 7.61. The summed E-state index contributed by atoms with van der Waals surface area (Å²) in [5, 5.41) is 12.9. The van der Waals surface area contributed by atoms with Crippen molar-refractivity contribution in [2.24, 2.45) is 17.3 Å². The van der Waals surface area contributed by atoms with Crippen LogP contribution in [0.1, 0.15) is 63.4 Å². The van der Waals surface area contributed by atoms with Gasteiger partial charge in [0.1, 0.15) is 0 Å². The highest BCUT2D eigenvalue weighted by Gasteiger charge is 2.45. The van der Waals surface area contributed by atoms with Crippen LogP contribution in [0.3, 0.4) is 0 Å². The summed E-state index contributed by atoms with van der Waals surface area (Å²) in [5.74, 6) is 2.77. The maximum absolute atomic E-state index is 4.45. The van der Waals surface area contributed by atoms with Crippen LogP contribution in [0, 0.1) is 17.3 Å². The molecule has 1 aromatic carbocycles. The number of tetrazole rings is 1. The molecule has 2 saturated carbocycles. The van der Waals surface area contributed by atoms with Gasteiger partial charge in [-0.15, -0.1) is 0 Å². The van der Waals surface area contributed by atoms with Crippen LogP contribution in [-0.2, 0) is 13.0 Å². The van der Waals surface area contributed by atoms with E-state index >= 15 is 0 Å². The zero-order valence-corrected chi connectivity index (χ0v) is 17.0. The molecule has 1 atom stereocenters. The molecule has 1 aromatic heterocycles. The van der Waals surface area contributed by atoms with Crippen LogP contribution >= 0.6 is 0 Å². The number of benzene rings is 1. The molecule has 0 radical (unpaired) electrons. The third kappa shape index (κ3) is 3.81. The Morgan fingerprint density at radius 2 is 1.93 bits per heavy atom. The van der Waals surface area contributed by atoms with E-state index in [0.717, 1.165) is 37.4 Å². The summed E-state index contributed by atoms with van der Waals surface area (Å²) in [7, 11) is 0. The number of aromatic nitrogens is 4. The number of rotatable bonds is 7. The van der Waals surface area contributed by atoms with Gasteiger partial charge in [0.15, 0.2) is 0 Å². The molecule has 0 N–H and O–H groups in total. The van der Waals surface area contributed by atoms with Gasteiger partial charge in [-0.1, -0.05) is 35.4 Å². The quantitative estimate of drug-likeness (QED) is 0.711. The fourth-order valence-corrected chi connectivity index (χ4v) is 6.10. The van der Waals surface area contributed by atoms with Crippen LogP contribution in [0.4, 0.5) is 5.95 Å². The Morgan fingerprint density at radius 3 is 2.71 bits per heavy atom. The molecule has 150 valence electrons. The molecular formula is C23H33N5. The second-order valence-corrected chi connectivity index (χ2v) is 9.62. The van der Waals surface area contributed by atoms with Gasteiger partial charge in [-0.2, -0.15) is 0 Å². The molecule has 5 heteroatoms. The van der Waals surface area contributed by atoms with Crippen molar-refractivity contribution in [2.75, 3.05) is 18.0 Å². The fourth-order valence-electron chi connectivity index (χ4n) is 6.10. The van der Waals surface area contributed by atoms with Crippen molar-refractivity contribution in [3.63, 3.8) is 0 Å². The summed E-state index contributed by atoms with van der Waals surface area (Å²) in [6.07, 6.45) is 13.4. The number of hydrogen-bond donors (Lipinski definition) is 0. The summed E-state index contributed by atoms with van der Waals surface area (Å²) in [6.45, 7) is 3.25. The summed E-state index contributed by atoms with van der Waals surface area (Å²) < 4.78 is 2.14. The second-order valence-electron chi connectivity index (χ2n) is 9.62. The largest absolute Gasteiger partial charge is 0.339 e. The van der Waals surface area contributed by atoms with Crippen molar-refractivity contribution in [3.8, 4) is 0 Å². The molecular weight excluding hydrogens is 346 g/mol. The third-order valence-electron chi connectivity index (χ3n) is 7.61. The molecule has 2 bridgehead atoms. The Kier molecular flexibility index (Phi) is 5.08. The first-order valence-electron chi connectivity index (χ1n) is 11.3. The lowest BCUT2D eigenvalue weighted by molar-refractivity contribution is 0.235. The van der Waals surface area contributed by atoms with Crippen molar-refractivity contribution in [1.82, 2.24) is 20.2 Å². The van der Waals surface area contributed by atoms with Crippen LogP contribution in [0.25, 0.3) is 0 Å². The minimum absolute atomic E-state index is 0.486. The van der Waals surface area contributed by atoms with Crippen molar-refractivity contribution in [2.45, 2.75) is 70.8 Å². The zero-order chi connectivity index (χ0) is 18.8. The molecule has 2 heterocycles. The second kappa shape index (κ2) is 7.84. The Balaban J connectivity index is 1.18. The van der Waals surface area contributed by atoms with E-state index in [1.165, 1.54) is 69.8 Å². The first-order valence-corrected chi connectivity index (χ1v) is 11.3. The van der Waals surface area contributed by atoms with Crippen LogP contribution < -0.4 is 4.90 Å². The monoisotopic (exact) mass is 379 g/mol. The van der Waals surface area contributed by atoms with Crippen LogP contribution in [0.15, 0.2) is 30.3 Å². The number of nitrogens with zero attached hydrogens (tertiary/aromatic N) is 5. The van der Waals surface area contributed by atoms with Gasteiger partial charge >= 0.3 is 0 Å². The van der Waals surface area contributed by atoms with E-state index in [9.17, 15) is 0 Å². The number of aryl methyl sites for hydroxylation is 1. The van der Waals surface area contributed by atoms with Gasteiger partial charge in [-0.05, 0) is 97.4 Å². The van der Waals surface area contributed by atoms with Crippen LogP contribution in [0.2, 0.25) is 0 Å². The molecule has 1 saturated heterocycles. The molecule has 5 rings (SSSR count). The van der Waals surface area contributed by atoms with E-state index in [1.807, 2.05) is 0 Å². The molecule has 5 nitrogen and oxygen atoms in total. The van der Waals surface area contributed by atoms with Crippen molar-refractivity contribution in [1.29, 1.82) is 0 Å². The summed E-state index contributed by atoms with van der Waals surface area (Å²) in [5.41, 5.74) is 1.95. The molecule has 3 fully saturated rings. The maximum atomic E-state index is 4.45. The molecule has 0 spiro atoms. The number of anilines is 1. The zero-order valence-electron chi connectivity index (χ0n) is 17.0. The fraction of sp³-hybridized carbons (Fsp3) is 0.696. The van der Waals surface area contributed by atoms with Gasteiger partial charge in [0.05, 0.1) is 6.54 Å². The molecule has 0 amide bonds. The molecule has 2 aromatic rings. The Bertz CT molecular complexity index is 762. The lowest BCUT2D eigenvalue weighted by Crippen LogP contribution is -2.38. The highest BCUT2D eigenvalue weighted by molar-refractivity contribution is 5.29. The van der Waals surface area contributed by atoms with Crippen molar-refractivity contribution < 1.29 is 0 Å². The van der Waals surface area contributed by atoms with Crippen LogP contribution in [0.5, 0.6) is 0 Å². The van der Waals surface area contributed by atoms with Crippen molar-refractivity contribution in [3.05, 3.63) is 35.9 Å². The van der Waals surface area contributed by atoms with E-state index in [4.69, 9.17) is 0 Å². The molecule has 2 aliphatic carbocycles. The average molecular weight is 380 g/mol. The van der Waals surface area contributed by atoms with Gasteiger partial charge < -0.3 is 4.90 Å². The predicted octanol–water partition coefficient (Wildman–Crippen LogP) is 4.49. The summed E-state index contributed by atoms with van der Waals surface area (Å²) in [4.78, 5) is 2.47. The van der Waals surface area contributed by atoms with E-state index in [-0.39, 0.29) is 0 Å². The average Bonchev–Trinajstić information content (AvgIpc) is 3.45. The number of piperidine rings is 1. The highest BCUT2D eigenvalue weighted by atomic mass is 15.6. The highest BCUT2D eigenvalue weighted by Crippen LogP contribution is 2.55. The standard InChI is InChI=1S/C23H33N5/c1-2-6-19(7-3-1)8-4-9-21-10-5-15-27(17-21)22-24-25-26-28(22)18-23-13-11-20(16-23)12-14-23/h1-3,6-7,20-21H,4-5,8-18H2. The Hall–Kier alpha value is -1.91. The van der Waals surface area contributed by atoms with E-state index in [1.54, 1.807) is 0 Å². The van der Waals surface area contributed by atoms with E-state index < -0.39 is 0 Å². The molecule has 1 unspecified atom stereocenters. The lowest BCUT2D eigenvalue weighted by Gasteiger charge is -2.34. The van der Waals surface area contributed by atoms with Gasteiger partial charge in [0.2, 0.25) is 5.95 Å². The number of hydrogen-bond acceptors (Lipinski definition) is 4. The van der Waals surface area contributed by atoms with E-state index in [0.29, 0.717) is 5.41 Å². The predicted molar refractivity (Wildman–Crippen MR) is 111 cm³/mol. The van der Waals surface area contributed by atoms with E-state index in [2.05, 4.69) is 55.4 Å². The molecule has 28 heavy (non-hydrogen) atoms. The smallest absolute Gasteiger partial charge is 0.245 e.